The number of aliphatic hydroxyl groups excluding tert-OH is 2. The quantitative estimate of drug-likeness (QED) is 0.845. The Kier molecular flexibility index (Phi) is 4.78. The molecular formula is C14H24N2O2. The zero-order valence-electron chi connectivity index (χ0n) is 11.1. The van der Waals surface area contributed by atoms with E-state index in [1.54, 1.807) is 6.20 Å². The van der Waals surface area contributed by atoms with Gasteiger partial charge in [0, 0.05) is 18.3 Å². The number of aromatic nitrogens is 2. The molecule has 2 atom stereocenters. The molecule has 0 radical (unpaired) electrons. The molecule has 4 nitrogen and oxygen atoms in total. The molecule has 102 valence electrons. The van der Waals surface area contributed by atoms with Gasteiger partial charge < -0.3 is 10.2 Å². The van der Waals surface area contributed by atoms with Gasteiger partial charge in [-0.05, 0) is 25.2 Å². The second-order valence-electron chi connectivity index (χ2n) is 5.37. The molecule has 0 spiro atoms. The van der Waals surface area contributed by atoms with Gasteiger partial charge in [0.1, 0.15) is 6.10 Å². The van der Waals surface area contributed by atoms with Crippen LogP contribution in [0.3, 0.4) is 0 Å². The summed E-state index contributed by atoms with van der Waals surface area (Å²) in [6.07, 6.45) is 8.75. The Morgan fingerprint density at radius 3 is 2.72 bits per heavy atom. The number of aryl methyl sites for hydroxylation is 1. The number of rotatable bonds is 5. The van der Waals surface area contributed by atoms with Crippen LogP contribution >= 0.6 is 0 Å². The Labute approximate surface area is 109 Å². The van der Waals surface area contributed by atoms with E-state index >= 15 is 0 Å². The van der Waals surface area contributed by atoms with Gasteiger partial charge in [0.05, 0.1) is 12.3 Å². The van der Waals surface area contributed by atoms with Crippen LogP contribution in [-0.2, 0) is 6.54 Å². The third-order valence-corrected chi connectivity index (χ3v) is 3.90. The summed E-state index contributed by atoms with van der Waals surface area (Å²) in [5.41, 5.74) is 0.738. The number of hydrogen-bond acceptors (Lipinski definition) is 3. The van der Waals surface area contributed by atoms with E-state index in [2.05, 4.69) is 12.0 Å². The van der Waals surface area contributed by atoms with E-state index in [9.17, 15) is 10.2 Å². The van der Waals surface area contributed by atoms with Crippen molar-refractivity contribution in [1.82, 2.24) is 9.78 Å². The van der Waals surface area contributed by atoms with Crippen LogP contribution < -0.4 is 0 Å². The van der Waals surface area contributed by atoms with Crippen LogP contribution in [-0.4, -0.2) is 26.1 Å². The van der Waals surface area contributed by atoms with Crippen LogP contribution in [0.1, 0.15) is 57.1 Å². The van der Waals surface area contributed by atoms with E-state index in [0.29, 0.717) is 0 Å². The maximum Gasteiger partial charge on any atom is 0.108 e. The van der Waals surface area contributed by atoms with Gasteiger partial charge in [-0.1, -0.05) is 26.2 Å². The molecule has 2 N–H and O–H groups in total. The molecule has 0 amide bonds. The summed E-state index contributed by atoms with van der Waals surface area (Å²) in [6, 6.07) is 0. The van der Waals surface area contributed by atoms with Crippen molar-refractivity contribution in [3.8, 4) is 0 Å². The van der Waals surface area contributed by atoms with Gasteiger partial charge in [0.15, 0.2) is 0 Å². The summed E-state index contributed by atoms with van der Waals surface area (Å²) in [7, 11) is 0. The Morgan fingerprint density at radius 1 is 1.33 bits per heavy atom. The Balaban J connectivity index is 1.97. The molecule has 1 heterocycles. The van der Waals surface area contributed by atoms with Crippen LogP contribution in [0, 0.1) is 5.92 Å². The van der Waals surface area contributed by atoms with E-state index in [0.717, 1.165) is 31.4 Å². The zero-order valence-corrected chi connectivity index (χ0v) is 11.1. The fourth-order valence-corrected chi connectivity index (χ4v) is 2.81. The van der Waals surface area contributed by atoms with Crippen LogP contribution in [0.2, 0.25) is 0 Å². The molecule has 1 aromatic heterocycles. The first-order valence-electron chi connectivity index (χ1n) is 7.11. The maximum atomic E-state index is 10.2. The van der Waals surface area contributed by atoms with E-state index in [-0.39, 0.29) is 5.92 Å². The molecule has 1 saturated carbocycles. The Bertz CT molecular complexity index is 358. The minimum absolute atomic E-state index is 0.239. The van der Waals surface area contributed by atoms with Crippen molar-refractivity contribution in [2.45, 2.75) is 64.2 Å². The second-order valence-corrected chi connectivity index (χ2v) is 5.37. The standard InChI is InChI=1S/C14H24N2O2/c1-2-8-16-10-12(9-15-16)14(18)13(17)11-6-4-3-5-7-11/h9-11,13-14,17-18H,2-8H2,1H3. The Morgan fingerprint density at radius 2 is 2.06 bits per heavy atom. The van der Waals surface area contributed by atoms with Crippen LogP contribution in [0.15, 0.2) is 12.4 Å². The molecule has 0 aliphatic heterocycles. The molecule has 2 unspecified atom stereocenters. The van der Waals surface area contributed by atoms with E-state index in [1.165, 1.54) is 19.3 Å². The molecule has 1 aromatic rings. The van der Waals surface area contributed by atoms with Gasteiger partial charge in [-0.15, -0.1) is 0 Å². The lowest BCUT2D eigenvalue weighted by atomic mass is 9.82. The molecule has 18 heavy (non-hydrogen) atoms. The lowest BCUT2D eigenvalue weighted by Crippen LogP contribution is -2.29. The molecule has 0 saturated heterocycles. The first-order valence-corrected chi connectivity index (χ1v) is 7.11. The maximum absolute atomic E-state index is 10.2. The highest BCUT2D eigenvalue weighted by Gasteiger charge is 2.29. The first kappa shape index (κ1) is 13.6. The molecule has 1 fully saturated rings. The summed E-state index contributed by atoms with van der Waals surface area (Å²) in [4.78, 5) is 0. The van der Waals surface area contributed by atoms with Crippen molar-refractivity contribution in [3.63, 3.8) is 0 Å². The number of nitrogens with zero attached hydrogens (tertiary/aromatic N) is 2. The van der Waals surface area contributed by atoms with Crippen molar-refractivity contribution in [2.75, 3.05) is 0 Å². The highest BCUT2D eigenvalue weighted by molar-refractivity contribution is 5.10. The summed E-state index contributed by atoms with van der Waals surface area (Å²) in [6.45, 7) is 2.95. The van der Waals surface area contributed by atoms with Gasteiger partial charge in [-0.3, -0.25) is 4.68 Å². The van der Waals surface area contributed by atoms with Crippen molar-refractivity contribution >= 4 is 0 Å². The minimum Gasteiger partial charge on any atom is -0.390 e. The smallest absolute Gasteiger partial charge is 0.108 e. The molecule has 0 bridgehead atoms. The average Bonchev–Trinajstić information content (AvgIpc) is 2.87. The van der Waals surface area contributed by atoms with Crippen molar-refractivity contribution in [1.29, 1.82) is 0 Å². The molecule has 1 aliphatic carbocycles. The summed E-state index contributed by atoms with van der Waals surface area (Å²) in [5.74, 6) is 0.239. The minimum atomic E-state index is -0.793. The molecule has 0 aromatic carbocycles. The topological polar surface area (TPSA) is 58.3 Å². The van der Waals surface area contributed by atoms with E-state index in [4.69, 9.17) is 0 Å². The number of hydrogen-bond donors (Lipinski definition) is 2. The highest BCUT2D eigenvalue weighted by atomic mass is 16.3. The first-order chi connectivity index (χ1) is 8.72. The Hall–Kier alpha value is -0.870. The van der Waals surface area contributed by atoms with E-state index in [1.807, 2.05) is 10.9 Å². The fourth-order valence-electron chi connectivity index (χ4n) is 2.81. The van der Waals surface area contributed by atoms with Crippen molar-refractivity contribution < 1.29 is 10.2 Å². The average molecular weight is 252 g/mol. The SMILES string of the molecule is CCCn1cc(C(O)C(O)C2CCCCC2)cn1. The van der Waals surface area contributed by atoms with Gasteiger partial charge in [0.25, 0.3) is 0 Å². The number of aliphatic hydroxyl groups is 2. The predicted molar refractivity (Wildman–Crippen MR) is 70.1 cm³/mol. The normalized spacial score (nSPS) is 20.8. The molecular weight excluding hydrogens is 228 g/mol. The largest absolute Gasteiger partial charge is 0.390 e. The lowest BCUT2D eigenvalue weighted by Gasteiger charge is -2.29. The van der Waals surface area contributed by atoms with Crippen molar-refractivity contribution in [2.24, 2.45) is 5.92 Å². The molecule has 2 rings (SSSR count). The van der Waals surface area contributed by atoms with E-state index < -0.39 is 12.2 Å². The summed E-state index contributed by atoms with van der Waals surface area (Å²) >= 11 is 0. The predicted octanol–water partition coefficient (Wildman–Crippen LogP) is 2.27. The third kappa shape index (κ3) is 3.12. The van der Waals surface area contributed by atoms with Gasteiger partial charge in [-0.2, -0.15) is 5.10 Å². The molecule has 4 heteroatoms. The second kappa shape index (κ2) is 6.34. The lowest BCUT2D eigenvalue weighted by molar-refractivity contribution is -0.0286. The molecule has 1 aliphatic rings. The van der Waals surface area contributed by atoms with Crippen molar-refractivity contribution in [3.05, 3.63) is 18.0 Å². The van der Waals surface area contributed by atoms with Crippen LogP contribution in [0.25, 0.3) is 0 Å². The van der Waals surface area contributed by atoms with Gasteiger partial charge in [0.2, 0.25) is 0 Å². The van der Waals surface area contributed by atoms with Crippen LogP contribution in [0.4, 0.5) is 0 Å². The summed E-state index contributed by atoms with van der Waals surface area (Å²) < 4.78 is 1.83. The monoisotopic (exact) mass is 252 g/mol. The zero-order chi connectivity index (χ0) is 13.0. The third-order valence-electron chi connectivity index (χ3n) is 3.90. The fraction of sp³-hybridized carbons (Fsp3) is 0.786. The van der Waals surface area contributed by atoms with Gasteiger partial charge >= 0.3 is 0 Å². The van der Waals surface area contributed by atoms with Crippen LogP contribution in [0.5, 0.6) is 0 Å². The van der Waals surface area contributed by atoms with Gasteiger partial charge in [-0.25, -0.2) is 0 Å². The highest BCUT2D eigenvalue weighted by Crippen LogP contribution is 2.32. The summed E-state index contributed by atoms with van der Waals surface area (Å²) in [5, 5.41) is 24.7.